The van der Waals surface area contributed by atoms with E-state index < -0.39 is 0 Å². The largest absolute Gasteiger partial charge is 0.354 e. The summed E-state index contributed by atoms with van der Waals surface area (Å²) < 4.78 is 14.2. The summed E-state index contributed by atoms with van der Waals surface area (Å²) in [5, 5.41) is 6.41. The van der Waals surface area contributed by atoms with Gasteiger partial charge in [0.15, 0.2) is 0 Å². The number of hydrogen-bond acceptors (Lipinski definition) is 3. The highest BCUT2D eigenvalue weighted by atomic mass is 32.1. The minimum absolute atomic E-state index is 0.0574. The van der Waals surface area contributed by atoms with E-state index in [4.69, 9.17) is 0 Å². The lowest BCUT2D eigenvalue weighted by molar-refractivity contribution is -0.120. The molecule has 1 heterocycles. The highest BCUT2D eigenvalue weighted by molar-refractivity contribution is 7.17. The van der Waals surface area contributed by atoms with Crippen LogP contribution in [0.15, 0.2) is 53.9 Å². The highest BCUT2D eigenvalue weighted by Gasteiger charge is 2.19. The summed E-state index contributed by atoms with van der Waals surface area (Å²) in [7, 11) is 4.03. The number of thiophene rings is 1. The molecule has 130 valence electrons. The first-order valence-corrected chi connectivity index (χ1v) is 9.06. The molecule has 0 saturated heterocycles. The molecule has 1 amide bonds. The predicted octanol–water partition coefficient (Wildman–Crippen LogP) is 4.00. The molecule has 0 aliphatic rings. The van der Waals surface area contributed by atoms with Crippen molar-refractivity contribution in [3.05, 3.63) is 70.9 Å². The summed E-state index contributed by atoms with van der Waals surface area (Å²) >= 11 is 1.72. The molecule has 3 aromatic rings. The maximum absolute atomic E-state index is 12.9. The molecular formula is C20H21FN2OS. The number of amides is 1. The van der Waals surface area contributed by atoms with Crippen molar-refractivity contribution in [1.29, 1.82) is 0 Å². The molecule has 1 aromatic heterocycles. The molecule has 1 unspecified atom stereocenters. The molecule has 2 aromatic carbocycles. The van der Waals surface area contributed by atoms with Gasteiger partial charge in [0.1, 0.15) is 5.82 Å². The number of hydrogen-bond donors (Lipinski definition) is 1. The van der Waals surface area contributed by atoms with E-state index in [0.29, 0.717) is 6.54 Å². The van der Waals surface area contributed by atoms with Gasteiger partial charge in [0, 0.05) is 11.2 Å². The molecule has 0 aliphatic carbocycles. The number of carbonyl (C=O) groups excluding carboxylic acids is 1. The molecule has 0 bridgehead atoms. The van der Waals surface area contributed by atoms with Crippen molar-refractivity contribution in [2.75, 3.05) is 20.6 Å². The molecule has 25 heavy (non-hydrogen) atoms. The van der Waals surface area contributed by atoms with Crippen LogP contribution < -0.4 is 5.32 Å². The van der Waals surface area contributed by atoms with Crippen molar-refractivity contribution < 1.29 is 9.18 Å². The Morgan fingerprint density at radius 3 is 2.60 bits per heavy atom. The van der Waals surface area contributed by atoms with Gasteiger partial charge in [0.2, 0.25) is 5.91 Å². The predicted molar refractivity (Wildman–Crippen MR) is 101 cm³/mol. The summed E-state index contributed by atoms with van der Waals surface area (Å²) in [6, 6.07) is 14.5. The fourth-order valence-corrected chi connectivity index (χ4v) is 3.90. The Kier molecular flexibility index (Phi) is 5.46. The fraction of sp³-hybridized carbons (Fsp3) is 0.250. The second-order valence-electron chi connectivity index (χ2n) is 6.27. The van der Waals surface area contributed by atoms with E-state index in [1.165, 1.54) is 27.8 Å². The number of benzene rings is 2. The van der Waals surface area contributed by atoms with E-state index in [1.54, 1.807) is 23.5 Å². The molecule has 3 rings (SSSR count). The van der Waals surface area contributed by atoms with Gasteiger partial charge < -0.3 is 10.2 Å². The SMILES string of the molecule is CN(C)C(CNC(=O)Cc1ccc(F)cc1)c1csc2ccccc12. The second kappa shape index (κ2) is 7.76. The number of rotatable bonds is 6. The number of halogens is 1. The number of fused-ring (bicyclic) bond motifs is 1. The van der Waals surface area contributed by atoms with Gasteiger partial charge in [0.05, 0.1) is 12.5 Å². The maximum atomic E-state index is 12.9. The number of nitrogens with zero attached hydrogens (tertiary/aromatic N) is 1. The standard InChI is InChI=1S/C20H21FN2OS/c1-23(2)18(17-13-25-19-6-4-3-5-16(17)19)12-22-20(24)11-14-7-9-15(21)10-8-14/h3-10,13,18H,11-12H2,1-2H3,(H,22,24). The highest BCUT2D eigenvalue weighted by Crippen LogP contribution is 2.31. The van der Waals surface area contributed by atoms with Gasteiger partial charge in [-0.3, -0.25) is 4.79 Å². The Hall–Kier alpha value is -2.24. The second-order valence-corrected chi connectivity index (χ2v) is 7.19. The zero-order chi connectivity index (χ0) is 17.8. The molecule has 1 N–H and O–H groups in total. The quantitative estimate of drug-likeness (QED) is 0.724. The Bertz CT molecular complexity index is 858. The van der Waals surface area contributed by atoms with E-state index in [9.17, 15) is 9.18 Å². The summed E-state index contributed by atoms with van der Waals surface area (Å²) in [5.74, 6) is -0.348. The van der Waals surface area contributed by atoms with Crippen molar-refractivity contribution in [2.24, 2.45) is 0 Å². The lowest BCUT2D eigenvalue weighted by Gasteiger charge is -2.24. The molecule has 0 aliphatic heterocycles. The third kappa shape index (κ3) is 4.24. The average Bonchev–Trinajstić information content (AvgIpc) is 3.01. The summed E-state index contributed by atoms with van der Waals surface area (Å²) in [5.41, 5.74) is 2.04. The zero-order valence-electron chi connectivity index (χ0n) is 14.3. The molecule has 3 nitrogen and oxygen atoms in total. The Morgan fingerprint density at radius 2 is 1.88 bits per heavy atom. The first kappa shape index (κ1) is 17.6. The molecule has 5 heteroatoms. The summed E-state index contributed by atoms with van der Waals surface area (Å²) in [6.45, 7) is 0.535. The number of carbonyl (C=O) groups is 1. The first-order chi connectivity index (χ1) is 12.0. The first-order valence-electron chi connectivity index (χ1n) is 8.18. The minimum Gasteiger partial charge on any atom is -0.354 e. The van der Waals surface area contributed by atoms with Gasteiger partial charge in [-0.05, 0) is 54.2 Å². The Labute approximate surface area is 151 Å². The number of nitrogens with one attached hydrogen (secondary N) is 1. The van der Waals surface area contributed by atoms with Gasteiger partial charge in [0.25, 0.3) is 0 Å². The van der Waals surface area contributed by atoms with E-state index in [1.807, 2.05) is 26.2 Å². The normalized spacial score (nSPS) is 12.5. The molecule has 0 radical (unpaired) electrons. The van der Waals surface area contributed by atoms with Crippen LogP contribution in [0.1, 0.15) is 17.2 Å². The molecule has 0 spiro atoms. The van der Waals surface area contributed by atoms with E-state index in [2.05, 4.69) is 27.7 Å². The van der Waals surface area contributed by atoms with Crippen LogP contribution in [0.5, 0.6) is 0 Å². The van der Waals surface area contributed by atoms with Crippen molar-refractivity contribution in [3.63, 3.8) is 0 Å². The minimum atomic E-state index is -0.291. The Balaban J connectivity index is 1.68. The van der Waals surface area contributed by atoms with Gasteiger partial charge >= 0.3 is 0 Å². The van der Waals surface area contributed by atoms with Crippen LogP contribution in [0.3, 0.4) is 0 Å². The van der Waals surface area contributed by atoms with Crippen LogP contribution in [-0.2, 0) is 11.2 Å². The molecule has 0 fully saturated rings. The smallest absolute Gasteiger partial charge is 0.224 e. The third-order valence-electron chi connectivity index (χ3n) is 4.26. The van der Waals surface area contributed by atoms with Gasteiger partial charge in [-0.1, -0.05) is 30.3 Å². The van der Waals surface area contributed by atoms with Crippen molar-refractivity contribution in [3.8, 4) is 0 Å². The van der Waals surface area contributed by atoms with Crippen LogP contribution in [0.2, 0.25) is 0 Å². The van der Waals surface area contributed by atoms with Crippen molar-refractivity contribution in [1.82, 2.24) is 10.2 Å². The average molecular weight is 356 g/mol. The lowest BCUT2D eigenvalue weighted by Crippen LogP contribution is -2.35. The summed E-state index contributed by atoms with van der Waals surface area (Å²) in [6.07, 6.45) is 0.255. The van der Waals surface area contributed by atoms with Gasteiger partial charge in [-0.2, -0.15) is 0 Å². The topological polar surface area (TPSA) is 32.3 Å². The number of likely N-dealkylation sites (N-methyl/N-ethyl adjacent to an activating group) is 1. The van der Waals surface area contributed by atoms with E-state index >= 15 is 0 Å². The van der Waals surface area contributed by atoms with Crippen molar-refractivity contribution >= 4 is 27.3 Å². The fourth-order valence-electron chi connectivity index (χ4n) is 2.89. The Morgan fingerprint density at radius 1 is 1.16 bits per heavy atom. The molecular weight excluding hydrogens is 335 g/mol. The van der Waals surface area contributed by atoms with Crippen molar-refractivity contribution in [2.45, 2.75) is 12.5 Å². The van der Waals surface area contributed by atoms with Gasteiger partial charge in [-0.25, -0.2) is 4.39 Å². The van der Waals surface area contributed by atoms with E-state index in [0.717, 1.165) is 5.56 Å². The van der Waals surface area contributed by atoms with Crippen LogP contribution in [0.4, 0.5) is 4.39 Å². The van der Waals surface area contributed by atoms with E-state index in [-0.39, 0.29) is 24.2 Å². The van der Waals surface area contributed by atoms with Crippen LogP contribution in [0, 0.1) is 5.82 Å². The maximum Gasteiger partial charge on any atom is 0.224 e. The van der Waals surface area contributed by atoms with Crippen LogP contribution in [-0.4, -0.2) is 31.4 Å². The molecule has 0 saturated carbocycles. The zero-order valence-corrected chi connectivity index (χ0v) is 15.1. The van der Waals surface area contributed by atoms with Gasteiger partial charge in [-0.15, -0.1) is 11.3 Å². The third-order valence-corrected chi connectivity index (χ3v) is 5.25. The molecule has 1 atom stereocenters. The van der Waals surface area contributed by atoms with Crippen LogP contribution >= 0.6 is 11.3 Å². The summed E-state index contributed by atoms with van der Waals surface area (Å²) in [4.78, 5) is 14.4. The van der Waals surface area contributed by atoms with Crippen LogP contribution in [0.25, 0.3) is 10.1 Å². The lowest BCUT2D eigenvalue weighted by atomic mass is 10.0. The monoisotopic (exact) mass is 356 g/mol.